The van der Waals surface area contributed by atoms with Gasteiger partial charge >= 0.3 is 0 Å². The minimum atomic E-state index is 0.195. The maximum Gasteiger partial charge on any atom is 0.222 e. The van der Waals surface area contributed by atoms with Crippen LogP contribution in [0.25, 0.3) is 20.7 Å². The predicted octanol–water partition coefficient (Wildman–Crippen LogP) is 5.02. The number of aromatic nitrogens is 2. The molecular weight excluding hydrogens is 362 g/mol. The Hall–Kier alpha value is -1.92. The summed E-state index contributed by atoms with van der Waals surface area (Å²) in [4.78, 5) is 24.8. The summed E-state index contributed by atoms with van der Waals surface area (Å²) in [7, 11) is 3.61. The standard InChI is InChI=1S/C20H23N3OS2/c1-14-21-19(25-12-8-7-11-18(24)23(2)3)16-13-17(26-20(16)22-14)15-9-5-4-6-10-15/h4-6,9-10,13H,7-8,11-12H2,1-3H3. The van der Waals surface area contributed by atoms with Crippen LogP contribution in [0.15, 0.2) is 41.4 Å². The highest BCUT2D eigenvalue weighted by molar-refractivity contribution is 7.99. The van der Waals surface area contributed by atoms with Gasteiger partial charge in [-0.25, -0.2) is 9.97 Å². The molecule has 2 aromatic heterocycles. The number of thioether (sulfide) groups is 1. The molecule has 0 aliphatic heterocycles. The second-order valence-corrected chi connectivity index (χ2v) is 8.48. The number of benzene rings is 1. The number of carbonyl (C=O) groups is 1. The fourth-order valence-corrected chi connectivity index (χ4v) is 4.82. The predicted molar refractivity (Wildman–Crippen MR) is 111 cm³/mol. The zero-order chi connectivity index (χ0) is 18.5. The SMILES string of the molecule is Cc1nc(SCCCCC(=O)N(C)C)c2cc(-c3ccccc3)sc2n1. The van der Waals surface area contributed by atoms with Gasteiger partial charge in [-0.2, -0.15) is 0 Å². The van der Waals surface area contributed by atoms with Crippen molar-refractivity contribution in [1.82, 2.24) is 14.9 Å². The van der Waals surface area contributed by atoms with Crippen LogP contribution < -0.4 is 0 Å². The summed E-state index contributed by atoms with van der Waals surface area (Å²) in [5.41, 5.74) is 1.21. The van der Waals surface area contributed by atoms with Gasteiger partial charge in [0.2, 0.25) is 5.91 Å². The Morgan fingerprint density at radius 2 is 1.92 bits per heavy atom. The van der Waals surface area contributed by atoms with E-state index in [1.165, 1.54) is 10.4 Å². The van der Waals surface area contributed by atoms with Gasteiger partial charge in [-0.3, -0.25) is 4.79 Å². The van der Waals surface area contributed by atoms with Crippen LogP contribution in [-0.4, -0.2) is 40.6 Å². The molecule has 0 unspecified atom stereocenters. The van der Waals surface area contributed by atoms with Crippen LogP contribution >= 0.6 is 23.1 Å². The largest absolute Gasteiger partial charge is 0.349 e. The average Bonchev–Trinajstić information content (AvgIpc) is 3.05. The lowest BCUT2D eigenvalue weighted by Gasteiger charge is -2.09. The number of thiophene rings is 1. The lowest BCUT2D eigenvalue weighted by atomic mass is 10.2. The van der Waals surface area contributed by atoms with Crippen molar-refractivity contribution in [2.75, 3.05) is 19.8 Å². The number of aryl methyl sites for hydroxylation is 1. The number of hydrogen-bond donors (Lipinski definition) is 0. The van der Waals surface area contributed by atoms with Crippen LogP contribution in [0.3, 0.4) is 0 Å². The van der Waals surface area contributed by atoms with Crippen LogP contribution in [0.2, 0.25) is 0 Å². The van der Waals surface area contributed by atoms with Crippen molar-refractivity contribution in [3.05, 3.63) is 42.2 Å². The van der Waals surface area contributed by atoms with Crippen LogP contribution in [-0.2, 0) is 4.79 Å². The third-order valence-electron chi connectivity index (χ3n) is 4.05. The first-order valence-electron chi connectivity index (χ1n) is 8.71. The molecule has 0 aliphatic carbocycles. The fourth-order valence-electron chi connectivity index (χ4n) is 2.62. The Bertz CT molecular complexity index is 891. The van der Waals surface area contributed by atoms with E-state index in [2.05, 4.69) is 40.3 Å². The summed E-state index contributed by atoms with van der Waals surface area (Å²) >= 11 is 3.48. The molecule has 4 nitrogen and oxygen atoms in total. The number of carbonyl (C=O) groups excluding carboxylic acids is 1. The monoisotopic (exact) mass is 385 g/mol. The number of fused-ring (bicyclic) bond motifs is 1. The molecule has 0 aliphatic rings. The summed E-state index contributed by atoms with van der Waals surface area (Å²) in [5, 5.41) is 2.18. The minimum Gasteiger partial charge on any atom is -0.349 e. The number of nitrogens with zero attached hydrogens (tertiary/aromatic N) is 3. The smallest absolute Gasteiger partial charge is 0.222 e. The molecule has 1 aromatic carbocycles. The molecule has 3 aromatic rings. The third kappa shape index (κ3) is 4.62. The molecule has 0 spiro atoms. The average molecular weight is 386 g/mol. The van der Waals surface area contributed by atoms with Gasteiger partial charge in [0.05, 0.1) is 0 Å². The van der Waals surface area contributed by atoms with Crippen molar-refractivity contribution < 1.29 is 4.79 Å². The highest BCUT2D eigenvalue weighted by Gasteiger charge is 2.12. The topological polar surface area (TPSA) is 46.1 Å². The van der Waals surface area contributed by atoms with E-state index in [1.54, 1.807) is 42.1 Å². The molecule has 136 valence electrons. The molecule has 0 saturated carbocycles. The number of unbranched alkanes of at least 4 members (excludes halogenated alkanes) is 1. The second-order valence-electron chi connectivity index (χ2n) is 6.37. The van der Waals surface area contributed by atoms with Crippen LogP contribution in [0, 0.1) is 6.92 Å². The third-order valence-corrected chi connectivity index (χ3v) is 6.21. The molecular formula is C20H23N3OS2. The molecule has 0 fully saturated rings. The lowest BCUT2D eigenvalue weighted by Crippen LogP contribution is -2.21. The Balaban J connectivity index is 1.70. The van der Waals surface area contributed by atoms with E-state index < -0.39 is 0 Å². The van der Waals surface area contributed by atoms with Crippen LogP contribution in [0.1, 0.15) is 25.1 Å². The quantitative estimate of drug-likeness (QED) is 0.325. The van der Waals surface area contributed by atoms with Gasteiger partial charge in [0.1, 0.15) is 15.7 Å². The Morgan fingerprint density at radius 3 is 2.65 bits per heavy atom. The van der Waals surface area contributed by atoms with Crippen LogP contribution in [0.4, 0.5) is 0 Å². The summed E-state index contributed by atoms with van der Waals surface area (Å²) in [6, 6.07) is 12.6. The first-order chi connectivity index (χ1) is 12.5. The maximum atomic E-state index is 11.6. The summed E-state index contributed by atoms with van der Waals surface area (Å²) < 4.78 is 0. The number of rotatable bonds is 7. The highest BCUT2D eigenvalue weighted by Crippen LogP contribution is 2.36. The zero-order valence-electron chi connectivity index (χ0n) is 15.4. The van der Waals surface area contributed by atoms with Gasteiger partial charge in [-0.1, -0.05) is 30.3 Å². The molecule has 6 heteroatoms. The molecule has 0 atom stereocenters. The Labute approximate surface area is 162 Å². The summed E-state index contributed by atoms with van der Waals surface area (Å²) in [5.74, 6) is 1.97. The van der Waals surface area contributed by atoms with E-state index in [1.807, 2.05) is 13.0 Å². The minimum absolute atomic E-state index is 0.195. The normalized spacial score (nSPS) is 11.0. The van der Waals surface area contributed by atoms with E-state index in [0.29, 0.717) is 6.42 Å². The molecule has 0 saturated heterocycles. The van der Waals surface area contributed by atoms with Crippen LogP contribution in [0.5, 0.6) is 0 Å². The molecule has 1 amide bonds. The van der Waals surface area contributed by atoms with Gasteiger partial charge in [0.25, 0.3) is 0 Å². The highest BCUT2D eigenvalue weighted by atomic mass is 32.2. The lowest BCUT2D eigenvalue weighted by molar-refractivity contribution is -0.128. The van der Waals surface area contributed by atoms with Gasteiger partial charge < -0.3 is 4.90 Å². The number of hydrogen-bond acceptors (Lipinski definition) is 5. The van der Waals surface area contributed by atoms with Gasteiger partial charge in [0, 0.05) is 30.8 Å². The number of amides is 1. The van der Waals surface area contributed by atoms with E-state index in [0.717, 1.165) is 39.7 Å². The molecule has 0 N–H and O–H groups in total. The van der Waals surface area contributed by atoms with Crippen molar-refractivity contribution in [2.45, 2.75) is 31.2 Å². The van der Waals surface area contributed by atoms with Crippen molar-refractivity contribution in [3.8, 4) is 10.4 Å². The van der Waals surface area contributed by atoms with Crippen molar-refractivity contribution in [2.24, 2.45) is 0 Å². The van der Waals surface area contributed by atoms with E-state index in [-0.39, 0.29) is 5.91 Å². The molecule has 3 rings (SSSR count). The van der Waals surface area contributed by atoms with Crippen molar-refractivity contribution >= 4 is 39.2 Å². The van der Waals surface area contributed by atoms with E-state index in [9.17, 15) is 4.79 Å². The van der Waals surface area contributed by atoms with Crippen molar-refractivity contribution in [1.29, 1.82) is 0 Å². The maximum absolute atomic E-state index is 11.6. The van der Waals surface area contributed by atoms with Gasteiger partial charge in [0.15, 0.2) is 0 Å². The zero-order valence-corrected chi connectivity index (χ0v) is 17.0. The summed E-state index contributed by atoms with van der Waals surface area (Å²) in [6.07, 6.45) is 2.53. The Kier molecular flexibility index (Phi) is 6.27. The van der Waals surface area contributed by atoms with E-state index in [4.69, 9.17) is 0 Å². The molecule has 0 bridgehead atoms. The fraction of sp³-hybridized carbons (Fsp3) is 0.350. The van der Waals surface area contributed by atoms with Gasteiger partial charge in [-0.15, -0.1) is 23.1 Å². The second kappa shape index (κ2) is 8.64. The van der Waals surface area contributed by atoms with Gasteiger partial charge in [-0.05, 0) is 37.1 Å². The van der Waals surface area contributed by atoms with E-state index >= 15 is 0 Å². The molecule has 2 heterocycles. The molecule has 0 radical (unpaired) electrons. The van der Waals surface area contributed by atoms with Crippen molar-refractivity contribution in [3.63, 3.8) is 0 Å². The molecule has 26 heavy (non-hydrogen) atoms. The summed E-state index contributed by atoms with van der Waals surface area (Å²) in [6.45, 7) is 1.95. The first-order valence-corrected chi connectivity index (χ1v) is 10.5. The first kappa shape index (κ1) is 18.9. The Morgan fingerprint density at radius 1 is 1.15 bits per heavy atom.